The van der Waals surface area contributed by atoms with Crippen molar-refractivity contribution in [1.29, 1.82) is 0 Å². The van der Waals surface area contributed by atoms with Crippen LogP contribution in [0.25, 0.3) is 0 Å². The first kappa shape index (κ1) is 17.5. The Bertz CT molecular complexity index is 734. The van der Waals surface area contributed by atoms with Gasteiger partial charge in [-0.25, -0.2) is 4.39 Å². The van der Waals surface area contributed by atoms with Gasteiger partial charge in [-0.2, -0.15) is 0 Å². The summed E-state index contributed by atoms with van der Waals surface area (Å²) in [6.07, 6.45) is -0.476. The zero-order chi connectivity index (χ0) is 17.8. The summed E-state index contributed by atoms with van der Waals surface area (Å²) in [4.78, 5) is 10.9. The summed E-state index contributed by atoms with van der Waals surface area (Å²) in [7, 11) is 0. The number of hydrogen-bond acceptors (Lipinski definition) is 4. The van der Waals surface area contributed by atoms with Crippen molar-refractivity contribution >= 4 is 5.97 Å². The third kappa shape index (κ3) is 4.85. The monoisotopic (exact) mass is 345 g/mol. The number of carboxylic acid groups (broad SMARTS) is 1. The Morgan fingerprint density at radius 1 is 1.24 bits per heavy atom. The van der Waals surface area contributed by atoms with Gasteiger partial charge in [0, 0.05) is 6.54 Å². The van der Waals surface area contributed by atoms with Gasteiger partial charge in [-0.05, 0) is 41.2 Å². The average Bonchev–Trinajstić information content (AvgIpc) is 3.40. The van der Waals surface area contributed by atoms with E-state index < -0.39 is 12.4 Å². The van der Waals surface area contributed by atoms with Crippen LogP contribution in [0.5, 0.6) is 0 Å². The molecule has 1 fully saturated rings. The topological polar surface area (TPSA) is 78.8 Å². The molecule has 0 bridgehead atoms. The van der Waals surface area contributed by atoms with Gasteiger partial charge < -0.3 is 14.9 Å². The maximum Gasteiger partial charge on any atom is 0.307 e. The molecule has 0 heterocycles. The molecule has 3 rings (SSSR count). The molecule has 0 spiro atoms. The van der Waals surface area contributed by atoms with E-state index in [-0.39, 0.29) is 30.8 Å². The van der Waals surface area contributed by atoms with E-state index in [1.807, 2.05) is 24.3 Å². The summed E-state index contributed by atoms with van der Waals surface area (Å²) >= 11 is 0. The first-order valence-electron chi connectivity index (χ1n) is 8.12. The predicted octanol–water partition coefficient (Wildman–Crippen LogP) is 2.60. The van der Waals surface area contributed by atoms with Gasteiger partial charge in [-0.1, -0.05) is 36.4 Å². The van der Waals surface area contributed by atoms with Crippen LogP contribution >= 0.6 is 0 Å². The second-order valence-electron chi connectivity index (χ2n) is 6.20. The third-order valence-corrected chi connectivity index (χ3v) is 4.29. The summed E-state index contributed by atoms with van der Waals surface area (Å²) in [6.45, 7) is 0.501. The van der Waals surface area contributed by atoms with E-state index in [4.69, 9.17) is 9.84 Å². The van der Waals surface area contributed by atoms with Crippen LogP contribution in [0.4, 0.5) is 4.39 Å². The average molecular weight is 345 g/mol. The number of nitrogens with one attached hydrogen (secondary N) is 1. The number of aliphatic hydroxyl groups is 1. The van der Waals surface area contributed by atoms with Crippen LogP contribution in [0.1, 0.15) is 29.0 Å². The number of aliphatic hydroxyl groups excluding tert-OH is 1. The lowest BCUT2D eigenvalue weighted by Crippen LogP contribution is -2.30. The summed E-state index contributed by atoms with van der Waals surface area (Å²) in [5, 5.41) is 21.5. The highest BCUT2D eigenvalue weighted by Crippen LogP contribution is 2.47. The number of hydrogen-bond donors (Lipinski definition) is 3. The van der Waals surface area contributed by atoms with E-state index >= 15 is 0 Å². The molecule has 6 heteroatoms. The van der Waals surface area contributed by atoms with Crippen LogP contribution in [0.2, 0.25) is 0 Å². The van der Waals surface area contributed by atoms with Crippen molar-refractivity contribution in [3.8, 4) is 0 Å². The van der Waals surface area contributed by atoms with Crippen molar-refractivity contribution < 1.29 is 24.1 Å². The maximum atomic E-state index is 13.1. The largest absolute Gasteiger partial charge is 0.481 e. The lowest BCUT2D eigenvalue weighted by atomic mass is 10.1. The van der Waals surface area contributed by atoms with E-state index in [9.17, 15) is 14.3 Å². The lowest BCUT2D eigenvalue weighted by Gasteiger charge is -2.14. The standard InChI is InChI=1S/C19H20FNO4/c20-15-3-1-2-13(8-15)10-21-19(24)25-11-12-4-6-14(7-5-12)16-9-17(16)18(22)23/h1-8,16-17,19,21,24H,9-11H2,(H,22,23)/t16-,17+,19?/m0/s1. The van der Waals surface area contributed by atoms with Crippen LogP contribution in [0.15, 0.2) is 48.5 Å². The number of halogens is 1. The van der Waals surface area contributed by atoms with Crippen molar-refractivity contribution in [2.24, 2.45) is 5.92 Å². The van der Waals surface area contributed by atoms with E-state index in [1.165, 1.54) is 12.1 Å². The molecule has 0 radical (unpaired) electrons. The zero-order valence-corrected chi connectivity index (χ0v) is 13.6. The molecular formula is C19H20FNO4. The summed E-state index contributed by atoms with van der Waals surface area (Å²) in [5.41, 5.74) is 2.60. The van der Waals surface area contributed by atoms with E-state index in [0.29, 0.717) is 12.0 Å². The van der Waals surface area contributed by atoms with Crippen molar-refractivity contribution in [2.45, 2.75) is 31.9 Å². The minimum Gasteiger partial charge on any atom is -0.481 e. The van der Waals surface area contributed by atoms with Crippen LogP contribution in [0, 0.1) is 11.7 Å². The Hall–Kier alpha value is -2.28. The molecule has 2 aromatic carbocycles. The summed E-state index contributed by atoms with van der Waals surface area (Å²) in [5.74, 6) is -1.23. The highest BCUT2D eigenvalue weighted by Gasteiger charge is 2.43. The molecule has 132 valence electrons. The Balaban J connectivity index is 1.43. The molecule has 1 unspecified atom stereocenters. The van der Waals surface area contributed by atoms with Gasteiger partial charge in [0.2, 0.25) is 6.41 Å². The number of carboxylic acids is 1. The SMILES string of the molecule is O=C(O)[C@@H]1C[C@H]1c1ccc(COC(O)NCc2cccc(F)c2)cc1. The first-order chi connectivity index (χ1) is 12.0. The van der Waals surface area contributed by atoms with Crippen LogP contribution in [-0.4, -0.2) is 22.6 Å². The molecule has 0 saturated heterocycles. The predicted molar refractivity (Wildman–Crippen MR) is 89.0 cm³/mol. The van der Waals surface area contributed by atoms with Gasteiger partial charge in [-0.15, -0.1) is 0 Å². The summed E-state index contributed by atoms with van der Waals surface area (Å²) < 4.78 is 18.4. The van der Waals surface area contributed by atoms with Crippen molar-refractivity contribution in [2.75, 3.05) is 0 Å². The molecule has 25 heavy (non-hydrogen) atoms. The highest BCUT2D eigenvalue weighted by molar-refractivity contribution is 5.75. The Morgan fingerprint density at radius 2 is 2.00 bits per heavy atom. The van der Waals surface area contributed by atoms with Gasteiger partial charge in [0.1, 0.15) is 5.82 Å². The van der Waals surface area contributed by atoms with Crippen LogP contribution < -0.4 is 5.32 Å². The fourth-order valence-corrected chi connectivity index (χ4v) is 2.78. The maximum absolute atomic E-state index is 13.1. The van der Waals surface area contributed by atoms with Crippen molar-refractivity contribution in [3.05, 3.63) is 71.0 Å². The van der Waals surface area contributed by atoms with E-state index in [1.54, 1.807) is 12.1 Å². The van der Waals surface area contributed by atoms with Crippen molar-refractivity contribution in [3.63, 3.8) is 0 Å². The Labute approximate surface area is 145 Å². The molecule has 0 aliphatic heterocycles. The van der Waals surface area contributed by atoms with Gasteiger partial charge in [0.05, 0.1) is 12.5 Å². The number of rotatable bonds is 8. The minimum absolute atomic E-state index is 0.103. The van der Waals surface area contributed by atoms with Crippen molar-refractivity contribution in [1.82, 2.24) is 5.32 Å². The molecule has 3 atom stereocenters. The second kappa shape index (κ2) is 7.74. The van der Waals surface area contributed by atoms with E-state index in [0.717, 1.165) is 11.1 Å². The minimum atomic E-state index is -1.16. The van der Waals surface area contributed by atoms with Gasteiger partial charge in [0.15, 0.2) is 0 Å². The van der Waals surface area contributed by atoms with Crippen LogP contribution in [0.3, 0.4) is 0 Å². The van der Waals surface area contributed by atoms with E-state index in [2.05, 4.69) is 5.32 Å². The normalized spacial score (nSPS) is 20.2. The molecular weight excluding hydrogens is 325 g/mol. The molecule has 1 aliphatic carbocycles. The molecule has 1 aliphatic rings. The Morgan fingerprint density at radius 3 is 2.64 bits per heavy atom. The first-order valence-corrected chi connectivity index (χ1v) is 8.12. The van der Waals surface area contributed by atoms with Gasteiger partial charge in [-0.3, -0.25) is 10.1 Å². The van der Waals surface area contributed by atoms with Crippen LogP contribution in [-0.2, 0) is 22.7 Å². The zero-order valence-electron chi connectivity index (χ0n) is 13.6. The fraction of sp³-hybridized carbons (Fsp3) is 0.316. The smallest absolute Gasteiger partial charge is 0.307 e. The quantitative estimate of drug-likeness (QED) is 0.641. The highest BCUT2D eigenvalue weighted by atomic mass is 19.1. The number of benzene rings is 2. The lowest BCUT2D eigenvalue weighted by molar-refractivity contribution is -0.138. The van der Waals surface area contributed by atoms with Gasteiger partial charge in [0.25, 0.3) is 0 Å². The molecule has 1 saturated carbocycles. The molecule has 2 aromatic rings. The van der Waals surface area contributed by atoms with Gasteiger partial charge >= 0.3 is 5.97 Å². The molecule has 5 nitrogen and oxygen atoms in total. The molecule has 0 amide bonds. The molecule has 3 N–H and O–H groups in total. The second-order valence-corrected chi connectivity index (χ2v) is 6.20. The number of aliphatic carboxylic acids is 1. The number of ether oxygens (including phenoxy) is 1. The fourth-order valence-electron chi connectivity index (χ4n) is 2.78. The summed E-state index contributed by atoms with van der Waals surface area (Å²) in [6, 6.07) is 13.6. The number of carbonyl (C=O) groups is 1. The third-order valence-electron chi connectivity index (χ3n) is 4.29. The Kier molecular flexibility index (Phi) is 5.43. The molecule has 0 aromatic heterocycles.